The highest BCUT2D eigenvalue weighted by Gasteiger charge is 2.33. The lowest BCUT2D eigenvalue weighted by Crippen LogP contribution is -2.40. The molecule has 5 rings (SSSR count). The first kappa shape index (κ1) is 26.5. The van der Waals surface area contributed by atoms with E-state index in [0.717, 1.165) is 10.5 Å². The van der Waals surface area contributed by atoms with Crippen molar-refractivity contribution in [2.24, 2.45) is 4.99 Å². The largest absolute Gasteiger partial charge is 0.459 e. The zero-order valence-corrected chi connectivity index (χ0v) is 23.4. The van der Waals surface area contributed by atoms with Gasteiger partial charge in [-0.2, -0.15) is 5.26 Å². The molecule has 1 atom stereocenters. The fraction of sp³-hybridized carbons (Fsp3) is 0.200. The van der Waals surface area contributed by atoms with Crippen LogP contribution < -0.4 is 14.9 Å². The van der Waals surface area contributed by atoms with Gasteiger partial charge < -0.3 is 9.15 Å². The fourth-order valence-electron chi connectivity index (χ4n) is 4.46. The zero-order chi connectivity index (χ0) is 27.7. The summed E-state index contributed by atoms with van der Waals surface area (Å²) in [4.78, 5) is 33.2. The van der Waals surface area contributed by atoms with E-state index in [9.17, 15) is 14.9 Å². The van der Waals surface area contributed by atoms with E-state index in [1.54, 1.807) is 67.4 Å². The Kier molecular flexibility index (Phi) is 7.42. The maximum absolute atomic E-state index is 13.8. The van der Waals surface area contributed by atoms with E-state index < -0.39 is 12.0 Å². The molecule has 39 heavy (non-hydrogen) atoms. The first-order valence-electron chi connectivity index (χ1n) is 12.3. The number of allylic oxidation sites excluding steroid dienone is 1. The van der Waals surface area contributed by atoms with Gasteiger partial charge in [0.15, 0.2) is 4.80 Å². The average Bonchev–Trinajstić information content (AvgIpc) is 3.51. The van der Waals surface area contributed by atoms with Crippen molar-refractivity contribution in [2.45, 2.75) is 37.8 Å². The molecule has 7 nitrogen and oxygen atoms in total. The molecule has 0 amide bonds. The van der Waals surface area contributed by atoms with Crippen LogP contribution in [0.1, 0.15) is 43.7 Å². The monoisotopic (exact) mass is 555 g/mol. The number of ether oxygens (including phenoxy) is 1. The molecule has 1 aliphatic heterocycles. The molecule has 0 saturated heterocycles. The number of thioether (sulfide) groups is 1. The van der Waals surface area contributed by atoms with Crippen LogP contribution in [0.25, 0.3) is 17.4 Å². The van der Waals surface area contributed by atoms with E-state index in [1.165, 1.54) is 11.3 Å². The summed E-state index contributed by atoms with van der Waals surface area (Å²) in [6.07, 6.45) is 3.34. The zero-order valence-electron chi connectivity index (χ0n) is 21.8. The van der Waals surface area contributed by atoms with Crippen molar-refractivity contribution < 1.29 is 13.9 Å². The molecule has 2 aromatic heterocycles. The Morgan fingerprint density at radius 2 is 1.92 bits per heavy atom. The fourth-order valence-corrected chi connectivity index (χ4v) is 5.90. The van der Waals surface area contributed by atoms with Crippen LogP contribution in [-0.4, -0.2) is 22.9 Å². The molecule has 196 valence electrons. The lowest BCUT2D eigenvalue weighted by atomic mass is 9.96. The lowest BCUT2D eigenvalue weighted by Gasteiger charge is -2.25. The quantitative estimate of drug-likeness (QED) is 0.244. The number of furan rings is 1. The summed E-state index contributed by atoms with van der Waals surface area (Å²) in [7, 11) is 0. The van der Waals surface area contributed by atoms with E-state index >= 15 is 0 Å². The normalized spacial score (nSPS) is 15.2. The number of carbonyl (C=O) groups excluding carboxylic acids is 1. The van der Waals surface area contributed by atoms with E-state index in [-0.39, 0.29) is 11.7 Å². The van der Waals surface area contributed by atoms with Crippen LogP contribution in [0.15, 0.2) is 91.0 Å². The molecule has 9 heteroatoms. The van der Waals surface area contributed by atoms with Gasteiger partial charge in [-0.1, -0.05) is 35.6 Å². The van der Waals surface area contributed by atoms with E-state index in [1.807, 2.05) is 42.7 Å². The minimum Gasteiger partial charge on any atom is -0.459 e. The van der Waals surface area contributed by atoms with Gasteiger partial charge in [-0.05, 0) is 69.0 Å². The highest BCUT2D eigenvalue weighted by atomic mass is 32.2. The Bertz CT molecular complexity index is 1820. The van der Waals surface area contributed by atoms with Crippen molar-refractivity contribution in [2.75, 3.05) is 6.26 Å². The second-order valence-electron chi connectivity index (χ2n) is 9.17. The molecule has 0 saturated carbocycles. The van der Waals surface area contributed by atoms with Crippen LogP contribution in [-0.2, 0) is 9.53 Å². The third-order valence-corrected chi connectivity index (χ3v) is 7.96. The van der Waals surface area contributed by atoms with E-state index in [2.05, 4.69) is 11.1 Å². The predicted octanol–water partition coefficient (Wildman–Crippen LogP) is 5.04. The van der Waals surface area contributed by atoms with Gasteiger partial charge in [0, 0.05) is 16.5 Å². The highest BCUT2D eigenvalue weighted by Crippen LogP contribution is 2.32. The second kappa shape index (κ2) is 10.9. The molecule has 0 unspecified atom stereocenters. The maximum Gasteiger partial charge on any atom is 0.338 e. The maximum atomic E-state index is 13.8. The van der Waals surface area contributed by atoms with Gasteiger partial charge in [-0.25, -0.2) is 9.79 Å². The van der Waals surface area contributed by atoms with E-state index in [4.69, 9.17) is 9.15 Å². The van der Waals surface area contributed by atoms with Gasteiger partial charge in [0.2, 0.25) is 0 Å². The van der Waals surface area contributed by atoms with E-state index in [0.29, 0.717) is 43.3 Å². The second-order valence-corrected chi connectivity index (χ2v) is 11.1. The number of benzene rings is 2. The minimum absolute atomic E-state index is 0.282. The molecule has 0 aliphatic carbocycles. The topological polar surface area (TPSA) is 97.6 Å². The number of fused-ring (bicyclic) bond motifs is 1. The van der Waals surface area contributed by atoms with Crippen molar-refractivity contribution in [3.63, 3.8) is 0 Å². The molecule has 4 aromatic rings. The summed E-state index contributed by atoms with van der Waals surface area (Å²) in [6.45, 7) is 5.35. The number of aromatic nitrogens is 1. The van der Waals surface area contributed by atoms with Gasteiger partial charge in [0.05, 0.1) is 39.6 Å². The van der Waals surface area contributed by atoms with Crippen LogP contribution in [0.4, 0.5) is 0 Å². The number of esters is 1. The summed E-state index contributed by atoms with van der Waals surface area (Å²) in [6, 6.07) is 20.0. The summed E-state index contributed by atoms with van der Waals surface area (Å²) in [5, 5.41) is 9.44. The standard InChI is InChI=1S/C30H25N3O4S2/c1-17(2)36-29(35)26-18(3)32-30-33(27(26)19-9-12-22(38-4)13-10-19)28(34)25(39-30)15-21-11-14-24(37-21)23-8-6-5-7-20(23)16-31/h5-15,17,27H,1-4H3/b25-15+/t27-/m0/s1. The first-order valence-corrected chi connectivity index (χ1v) is 14.3. The van der Waals surface area contributed by atoms with Gasteiger partial charge in [0.25, 0.3) is 5.56 Å². The summed E-state index contributed by atoms with van der Waals surface area (Å²) >= 11 is 2.85. The number of hydrogen-bond acceptors (Lipinski definition) is 8. The number of carbonyl (C=O) groups is 1. The Balaban J connectivity index is 1.64. The SMILES string of the molecule is CSc1ccc([C@H]2C(C(=O)OC(C)C)=C(C)N=c3s/c(=C/c4ccc(-c5ccccc5C#N)o4)c(=O)n32)cc1. The molecular formula is C30H25N3O4S2. The highest BCUT2D eigenvalue weighted by molar-refractivity contribution is 7.98. The predicted molar refractivity (Wildman–Crippen MR) is 152 cm³/mol. The van der Waals surface area contributed by atoms with Crippen molar-refractivity contribution >= 4 is 35.1 Å². The number of rotatable bonds is 6. The number of thiazole rings is 1. The Morgan fingerprint density at radius 3 is 2.62 bits per heavy atom. The Hall–Kier alpha value is -4.13. The van der Waals surface area contributed by atoms with Crippen LogP contribution >= 0.6 is 23.1 Å². The summed E-state index contributed by atoms with van der Waals surface area (Å²) in [5.41, 5.74) is 2.54. The van der Waals surface area contributed by atoms with Gasteiger partial charge >= 0.3 is 5.97 Å². The van der Waals surface area contributed by atoms with Gasteiger partial charge in [-0.3, -0.25) is 9.36 Å². The summed E-state index contributed by atoms with van der Waals surface area (Å²) < 4.78 is 13.5. The molecule has 0 radical (unpaired) electrons. The van der Waals surface area contributed by atoms with Gasteiger partial charge in [0.1, 0.15) is 11.5 Å². The average molecular weight is 556 g/mol. The molecule has 0 N–H and O–H groups in total. The van der Waals surface area contributed by atoms with Crippen LogP contribution in [0, 0.1) is 11.3 Å². The minimum atomic E-state index is -0.680. The molecule has 3 heterocycles. The molecule has 0 bridgehead atoms. The van der Waals surface area contributed by atoms with Crippen molar-refractivity contribution in [1.29, 1.82) is 5.26 Å². The molecule has 1 aliphatic rings. The number of hydrogen-bond donors (Lipinski definition) is 0. The number of nitriles is 1. The smallest absolute Gasteiger partial charge is 0.338 e. The van der Waals surface area contributed by atoms with Crippen molar-refractivity contribution in [3.8, 4) is 17.4 Å². The van der Waals surface area contributed by atoms with Crippen LogP contribution in [0.3, 0.4) is 0 Å². The molecule has 2 aromatic carbocycles. The van der Waals surface area contributed by atoms with Gasteiger partial charge in [-0.15, -0.1) is 11.8 Å². The molecule has 0 spiro atoms. The first-order chi connectivity index (χ1) is 18.8. The lowest BCUT2D eigenvalue weighted by molar-refractivity contribution is -0.143. The Labute approximate surface area is 233 Å². The molecule has 0 fully saturated rings. The molecular weight excluding hydrogens is 530 g/mol. The third kappa shape index (κ3) is 5.13. The van der Waals surface area contributed by atoms with Crippen molar-refractivity contribution in [3.05, 3.63) is 109 Å². The van der Waals surface area contributed by atoms with Crippen LogP contribution in [0.5, 0.6) is 0 Å². The number of nitrogens with zero attached hydrogens (tertiary/aromatic N) is 3. The van der Waals surface area contributed by atoms with Crippen LogP contribution in [0.2, 0.25) is 0 Å². The summed E-state index contributed by atoms with van der Waals surface area (Å²) in [5.74, 6) is 0.512. The van der Waals surface area contributed by atoms with Crippen molar-refractivity contribution in [1.82, 2.24) is 4.57 Å². The Morgan fingerprint density at radius 1 is 1.18 bits per heavy atom. The third-order valence-electron chi connectivity index (χ3n) is 6.23.